The smallest absolute Gasteiger partial charge is 0.298 e. The molecule has 0 unspecified atom stereocenters. The maximum Gasteiger partial charge on any atom is 0.298 e. The first-order valence-corrected chi connectivity index (χ1v) is 6.97. The minimum absolute atomic E-state index is 0.0189. The van der Waals surface area contributed by atoms with Crippen LogP contribution in [0.5, 0.6) is 5.75 Å². The van der Waals surface area contributed by atoms with Gasteiger partial charge in [0, 0.05) is 11.6 Å². The number of aromatic hydroxyl groups is 1. The lowest BCUT2D eigenvalue weighted by molar-refractivity contribution is -0.384. The average molecular weight is 332 g/mol. The van der Waals surface area contributed by atoms with Crippen LogP contribution in [0.15, 0.2) is 45.6 Å². The third kappa shape index (κ3) is 2.43. The molecule has 0 bridgehead atoms. The van der Waals surface area contributed by atoms with Crippen molar-refractivity contribution in [3.8, 4) is 17.1 Å². The summed E-state index contributed by atoms with van der Waals surface area (Å²) in [5.41, 5.74) is -0.0368. The van der Waals surface area contributed by atoms with Crippen LogP contribution in [-0.4, -0.2) is 10.0 Å². The number of phenolic OH excluding ortho intramolecular Hbond substituents is 1. The van der Waals surface area contributed by atoms with Crippen molar-refractivity contribution in [1.82, 2.24) is 0 Å². The molecule has 1 heterocycles. The SMILES string of the molecule is Cc1c(O)ccc2c(=O)cc(-c3cccc(Cl)c3[N+](=O)[O-])oc12. The molecule has 2 aromatic carbocycles. The van der Waals surface area contributed by atoms with Crippen LogP contribution in [0.4, 0.5) is 5.69 Å². The van der Waals surface area contributed by atoms with Gasteiger partial charge in [0.15, 0.2) is 5.43 Å². The van der Waals surface area contributed by atoms with E-state index < -0.39 is 4.92 Å². The van der Waals surface area contributed by atoms with E-state index in [4.69, 9.17) is 16.0 Å². The monoisotopic (exact) mass is 331 g/mol. The van der Waals surface area contributed by atoms with Crippen molar-refractivity contribution in [3.63, 3.8) is 0 Å². The summed E-state index contributed by atoms with van der Waals surface area (Å²) in [6.07, 6.45) is 0. The zero-order valence-corrected chi connectivity index (χ0v) is 12.6. The Morgan fingerprint density at radius 2 is 2.00 bits per heavy atom. The summed E-state index contributed by atoms with van der Waals surface area (Å²) >= 11 is 5.89. The molecule has 0 saturated carbocycles. The van der Waals surface area contributed by atoms with Gasteiger partial charge in [0.2, 0.25) is 0 Å². The van der Waals surface area contributed by atoms with Crippen molar-refractivity contribution in [3.05, 3.63) is 67.3 Å². The van der Waals surface area contributed by atoms with E-state index in [1.165, 1.54) is 36.4 Å². The van der Waals surface area contributed by atoms with Crippen LogP contribution in [0.25, 0.3) is 22.3 Å². The molecule has 116 valence electrons. The molecular weight excluding hydrogens is 322 g/mol. The molecular formula is C16H10ClNO5. The van der Waals surface area contributed by atoms with Crippen molar-refractivity contribution < 1.29 is 14.4 Å². The second kappa shape index (κ2) is 5.40. The van der Waals surface area contributed by atoms with Gasteiger partial charge < -0.3 is 9.52 Å². The number of nitro groups is 1. The standard InChI is InChI=1S/C16H10ClNO5/c1-8-12(19)6-5-9-13(20)7-14(23-16(8)9)10-3-2-4-11(17)15(10)18(21)22/h2-7,19H,1H3. The van der Waals surface area contributed by atoms with Crippen LogP contribution >= 0.6 is 11.6 Å². The molecule has 6 nitrogen and oxygen atoms in total. The molecule has 0 saturated heterocycles. The van der Waals surface area contributed by atoms with Crippen molar-refractivity contribution in [1.29, 1.82) is 0 Å². The number of nitrogens with zero attached hydrogens (tertiary/aromatic N) is 1. The Hall–Kier alpha value is -2.86. The van der Waals surface area contributed by atoms with Crippen LogP contribution in [0, 0.1) is 17.0 Å². The fraction of sp³-hybridized carbons (Fsp3) is 0.0625. The van der Waals surface area contributed by atoms with Crippen LogP contribution in [0.2, 0.25) is 5.02 Å². The number of benzene rings is 2. The zero-order valence-electron chi connectivity index (χ0n) is 11.9. The van der Waals surface area contributed by atoms with Crippen molar-refractivity contribution in [2.24, 2.45) is 0 Å². The molecule has 0 aliphatic rings. The van der Waals surface area contributed by atoms with E-state index in [1.54, 1.807) is 6.92 Å². The third-order valence-electron chi connectivity index (χ3n) is 3.55. The van der Waals surface area contributed by atoms with Gasteiger partial charge in [0.1, 0.15) is 22.1 Å². The number of fused-ring (bicyclic) bond motifs is 1. The first-order valence-electron chi connectivity index (χ1n) is 6.60. The van der Waals surface area contributed by atoms with Gasteiger partial charge in [-0.15, -0.1) is 0 Å². The fourth-order valence-corrected chi connectivity index (χ4v) is 2.62. The average Bonchev–Trinajstić information content (AvgIpc) is 2.50. The molecule has 0 amide bonds. The Morgan fingerprint density at radius 1 is 1.26 bits per heavy atom. The van der Waals surface area contributed by atoms with E-state index in [-0.39, 0.29) is 44.2 Å². The molecule has 1 aromatic heterocycles. The Balaban J connectivity index is 2.39. The van der Waals surface area contributed by atoms with Crippen LogP contribution in [-0.2, 0) is 0 Å². The number of phenols is 1. The summed E-state index contributed by atoms with van der Waals surface area (Å²) in [6, 6.07) is 8.39. The van der Waals surface area contributed by atoms with Gasteiger partial charge in [0.05, 0.1) is 15.9 Å². The summed E-state index contributed by atoms with van der Waals surface area (Å²) in [4.78, 5) is 22.9. The largest absolute Gasteiger partial charge is 0.508 e. The number of rotatable bonds is 2. The Kier molecular flexibility index (Phi) is 3.54. The first-order chi connectivity index (χ1) is 10.9. The quantitative estimate of drug-likeness (QED) is 0.565. The second-order valence-corrected chi connectivity index (χ2v) is 5.36. The van der Waals surface area contributed by atoms with E-state index in [1.807, 2.05) is 0 Å². The first kappa shape index (κ1) is 15.1. The third-order valence-corrected chi connectivity index (χ3v) is 3.86. The molecule has 1 N–H and O–H groups in total. The highest BCUT2D eigenvalue weighted by Gasteiger charge is 2.22. The van der Waals surface area contributed by atoms with Gasteiger partial charge >= 0.3 is 0 Å². The van der Waals surface area contributed by atoms with E-state index in [0.717, 1.165) is 0 Å². The van der Waals surface area contributed by atoms with Gasteiger partial charge in [-0.25, -0.2) is 0 Å². The zero-order chi connectivity index (χ0) is 16.7. The van der Waals surface area contributed by atoms with Gasteiger partial charge in [0.25, 0.3) is 5.69 Å². The van der Waals surface area contributed by atoms with Gasteiger partial charge in [-0.3, -0.25) is 14.9 Å². The van der Waals surface area contributed by atoms with Crippen LogP contribution < -0.4 is 5.43 Å². The molecule has 0 aliphatic carbocycles. The van der Waals surface area contributed by atoms with Crippen molar-refractivity contribution in [2.45, 2.75) is 6.92 Å². The maximum absolute atomic E-state index is 12.3. The van der Waals surface area contributed by atoms with Gasteiger partial charge in [-0.05, 0) is 31.2 Å². The molecule has 3 rings (SSSR count). The van der Waals surface area contributed by atoms with Crippen LogP contribution in [0.3, 0.4) is 0 Å². The number of hydrogen-bond acceptors (Lipinski definition) is 5. The Morgan fingerprint density at radius 3 is 2.70 bits per heavy atom. The number of hydrogen-bond donors (Lipinski definition) is 1. The van der Waals surface area contributed by atoms with E-state index >= 15 is 0 Å². The van der Waals surface area contributed by atoms with Gasteiger partial charge in [-0.1, -0.05) is 17.7 Å². The molecule has 0 radical (unpaired) electrons. The van der Waals surface area contributed by atoms with E-state index in [0.29, 0.717) is 5.56 Å². The molecule has 0 atom stereocenters. The van der Waals surface area contributed by atoms with E-state index in [2.05, 4.69) is 0 Å². The van der Waals surface area contributed by atoms with Crippen LogP contribution in [0.1, 0.15) is 5.56 Å². The summed E-state index contributed by atoms with van der Waals surface area (Å²) < 4.78 is 5.66. The highest BCUT2D eigenvalue weighted by Crippen LogP contribution is 2.37. The molecule has 23 heavy (non-hydrogen) atoms. The molecule has 7 heteroatoms. The summed E-state index contributed by atoms with van der Waals surface area (Å²) in [5, 5.41) is 21.2. The summed E-state index contributed by atoms with van der Waals surface area (Å²) in [6.45, 7) is 1.59. The number of halogens is 1. The van der Waals surface area contributed by atoms with E-state index in [9.17, 15) is 20.0 Å². The Labute approximate surface area is 134 Å². The highest BCUT2D eigenvalue weighted by atomic mass is 35.5. The Bertz CT molecular complexity index is 1010. The maximum atomic E-state index is 12.3. The minimum atomic E-state index is -0.628. The number of aryl methyl sites for hydroxylation is 1. The fourth-order valence-electron chi connectivity index (χ4n) is 2.38. The molecule has 0 fully saturated rings. The second-order valence-electron chi connectivity index (χ2n) is 4.95. The predicted octanol–water partition coefficient (Wildman–Crippen LogP) is 4.04. The van der Waals surface area contributed by atoms with Crippen molar-refractivity contribution >= 4 is 28.3 Å². The lowest BCUT2D eigenvalue weighted by atomic mass is 10.1. The van der Waals surface area contributed by atoms with Crippen molar-refractivity contribution in [2.75, 3.05) is 0 Å². The molecule has 0 spiro atoms. The number of para-hydroxylation sites is 1. The normalized spacial score (nSPS) is 10.9. The number of nitro benzene ring substituents is 1. The summed E-state index contributed by atoms with van der Waals surface area (Å²) in [7, 11) is 0. The predicted molar refractivity (Wildman–Crippen MR) is 86.0 cm³/mol. The molecule has 0 aliphatic heterocycles. The lowest BCUT2D eigenvalue weighted by Gasteiger charge is -2.07. The minimum Gasteiger partial charge on any atom is -0.508 e. The summed E-state index contributed by atoms with van der Waals surface area (Å²) in [5.74, 6) is -0.0104. The molecule has 3 aromatic rings. The topological polar surface area (TPSA) is 93.6 Å². The lowest BCUT2D eigenvalue weighted by Crippen LogP contribution is -2.02. The highest BCUT2D eigenvalue weighted by molar-refractivity contribution is 6.33. The van der Waals surface area contributed by atoms with Gasteiger partial charge in [-0.2, -0.15) is 0 Å².